The molecule has 0 spiro atoms. The van der Waals surface area contributed by atoms with E-state index >= 15 is 0 Å². The van der Waals surface area contributed by atoms with Crippen LogP contribution in [0.4, 0.5) is 0 Å². The fraction of sp³-hybridized carbons (Fsp3) is 0.818. The van der Waals surface area contributed by atoms with E-state index in [1.165, 1.54) is 4.90 Å². The zero-order valence-corrected chi connectivity index (χ0v) is 10.7. The molecule has 2 N–H and O–H groups in total. The van der Waals surface area contributed by atoms with E-state index in [0.29, 0.717) is 6.42 Å². The molecular weight excluding hydrogens is 208 g/mol. The first-order chi connectivity index (χ1) is 7.24. The van der Waals surface area contributed by atoms with Crippen molar-refractivity contribution in [3.8, 4) is 0 Å². The van der Waals surface area contributed by atoms with Crippen LogP contribution in [0.25, 0.3) is 0 Å². The zero-order valence-electron chi connectivity index (χ0n) is 10.7. The highest BCUT2D eigenvalue weighted by molar-refractivity contribution is 5.83. The first-order valence-electron chi connectivity index (χ1n) is 5.47. The normalized spacial score (nSPS) is 16.3. The van der Waals surface area contributed by atoms with Crippen LogP contribution in [0.1, 0.15) is 33.6 Å². The number of nitrogens with zero attached hydrogens (tertiary/aromatic N) is 1. The number of hydrogen-bond donors (Lipinski definition) is 2. The number of rotatable bonds is 6. The van der Waals surface area contributed by atoms with E-state index in [1.54, 1.807) is 27.9 Å². The Hall–Kier alpha value is -1.10. The van der Waals surface area contributed by atoms with Crippen LogP contribution in [0.15, 0.2) is 0 Å². The van der Waals surface area contributed by atoms with Gasteiger partial charge in [0.15, 0.2) is 0 Å². The van der Waals surface area contributed by atoms with Gasteiger partial charge in [-0.1, -0.05) is 13.3 Å². The third kappa shape index (κ3) is 3.81. The number of carbonyl (C=O) groups excluding carboxylic acids is 1. The van der Waals surface area contributed by atoms with E-state index in [2.05, 4.69) is 5.32 Å². The van der Waals surface area contributed by atoms with Crippen molar-refractivity contribution in [3.63, 3.8) is 0 Å². The molecule has 0 aromatic carbocycles. The first-order valence-corrected chi connectivity index (χ1v) is 5.47. The summed E-state index contributed by atoms with van der Waals surface area (Å²) in [7, 11) is 3.30. The largest absolute Gasteiger partial charge is 0.480 e. The lowest BCUT2D eigenvalue weighted by molar-refractivity contribution is -0.145. The van der Waals surface area contributed by atoms with E-state index in [1.807, 2.05) is 6.92 Å². The number of hydrogen-bond acceptors (Lipinski definition) is 3. The second-order valence-electron chi connectivity index (χ2n) is 4.49. The van der Waals surface area contributed by atoms with Crippen LogP contribution in [0.2, 0.25) is 0 Å². The lowest BCUT2D eigenvalue weighted by atomic mass is 9.95. The van der Waals surface area contributed by atoms with Crippen LogP contribution in [0, 0.1) is 0 Å². The van der Waals surface area contributed by atoms with Gasteiger partial charge in [-0.2, -0.15) is 0 Å². The first kappa shape index (κ1) is 14.9. The predicted octanol–water partition coefficient (Wildman–Crippen LogP) is 0.696. The molecule has 5 heteroatoms. The van der Waals surface area contributed by atoms with Crippen molar-refractivity contribution in [1.82, 2.24) is 10.2 Å². The van der Waals surface area contributed by atoms with Gasteiger partial charge in [0.2, 0.25) is 5.91 Å². The smallest absolute Gasteiger partial charge is 0.323 e. The highest BCUT2D eigenvalue weighted by Gasteiger charge is 2.35. The van der Waals surface area contributed by atoms with Crippen molar-refractivity contribution in [2.24, 2.45) is 0 Å². The van der Waals surface area contributed by atoms with E-state index in [9.17, 15) is 9.59 Å². The molecule has 0 aliphatic rings. The fourth-order valence-electron chi connectivity index (χ4n) is 1.67. The molecule has 94 valence electrons. The number of carbonyl (C=O) groups is 2. The molecule has 0 heterocycles. The molecule has 1 amide bonds. The van der Waals surface area contributed by atoms with Gasteiger partial charge in [-0.05, 0) is 20.3 Å². The molecule has 5 nitrogen and oxygen atoms in total. The van der Waals surface area contributed by atoms with Gasteiger partial charge in [-0.3, -0.25) is 14.9 Å². The van der Waals surface area contributed by atoms with Crippen molar-refractivity contribution in [3.05, 3.63) is 0 Å². The third-order valence-electron chi connectivity index (χ3n) is 2.57. The number of aliphatic carboxylic acids is 1. The highest BCUT2D eigenvalue weighted by atomic mass is 16.4. The minimum Gasteiger partial charge on any atom is -0.480 e. The fourth-order valence-corrected chi connectivity index (χ4v) is 1.67. The summed E-state index contributed by atoms with van der Waals surface area (Å²) in [6, 6.07) is -0.498. The van der Waals surface area contributed by atoms with Gasteiger partial charge in [0.05, 0.1) is 6.04 Å². The molecule has 0 radical (unpaired) electrons. The summed E-state index contributed by atoms with van der Waals surface area (Å²) in [5.74, 6) is -1.05. The Morgan fingerprint density at radius 3 is 2.25 bits per heavy atom. The molecule has 0 saturated carbocycles. The summed E-state index contributed by atoms with van der Waals surface area (Å²) < 4.78 is 0. The Labute approximate surface area is 96.8 Å². The van der Waals surface area contributed by atoms with Crippen molar-refractivity contribution in [2.45, 2.75) is 45.2 Å². The number of likely N-dealkylation sites (N-methyl/N-ethyl adjacent to an activating group) is 1. The predicted molar refractivity (Wildman–Crippen MR) is 62.2 cm³/mol. The molecule has 2 atom stereocenters. The van der Waals surface area contributed by atoms with Crippen LogP contribution in [-0.4, -0.2) is 47.6 Å². The summed E-state index contributed by atoms with van der Waals surface area (Å²) in [4.78, 5) is 24.2. The molecule has 0 rings (SSSR count). The molecule has 0 aliphatic heterocycles. The molecule has 16 heavy (non-hydrogen) atoms. The van der Waals surface area contributed by atoms with Gasteiger partial charge >= 0.3 is 5.97 Å². The van der Waals surface area contributed by atoms with E-state index in [4.69, 9.17) is 5.11 Å². The average Bonchev–Trinajstić information content (AvgIpc) is 2.16. The molecule has 0 aliphatic carbocycles. The average molecular weight is 230 g/mol. The lowest BCUT2D eigenvalue weighted by Crippen LogP contribution is -2.56. The van der Waals surface area contributed by atoms with Crippen LogP contribution >= 0.6 is 0 Å². The highest BCUT2D eigenvalue weighted by Crippen LogP contribution is 2.14. The summed E-state index contributed by atoms with van der Waals surface area (Å²) in [6.45, 7) is 5.21. The SMILES string of the molecule is CCCC(C)(NC(C)C(=O)N(C)C)C(=O)O. The van der Waals surface area contributed by atoms with E-state index in [-0.39, 0.29) is 5.91 Å². The standard InChI is InChI=1S/C11H22N2O3/c1-6-7-11(3,10(15)16)12-8(2)9(14)13(4)5/h8,12H,6-7H2,1-5H3,(H,15,16). The topological polar surface area (TPSA) is 69.6 Å². The van der Waals surface area contributed by atoms with Gasteiger partial charge in [-0.25, -0.2) is 0 Å². The molecule has 0 fully saturated rings. The Morgan fingerprint density at radius 2 is 1.94 bits per heavy atom. The summed E-state index contributed by atoms with van der Waals surface area (Å²) in [5, 5.41) is 12.0. The molecular formula is C11H22N2O3. The van der Waals surface area contributed by atoms with Crippen LogP contribution in [-0.2, 0) is 9.59 Å². The Kier molecular flexibility index (Phi) is 5.44. The Balaban J connectivity index is 4.64. The van der Waals surface area contributed by atoms with Gasteiger partial charge < -0.3 is 10.0 Å². The molecule has 0 saturated heterocycles. The van der Waals surface area contributed by atoms with Gasteiger partial charge in [0.25, 0.3) is 0 Å². The van der Waals surface area contributed by atoms with E-state index < -0.39 is 17.6 Å². The minimum absolute atomic E-state index is 0.122. The quantitative estimate of drug-likeness (QED) is 0.704. The molecule has 2 unspecified atom stereocenters. The number of amides is 1. The van der Waals surface area contributed by atoms with Crippen LogP contribution in [0.3, 0.4) is 0 Å². The monoisotopic (exact) mass is 230 g/mol. The van der Waals surface area contributed by atoms with Crippen LogP contribution in [0.5, 0.6) is 0 Å². The van der Waals surface area contributed by atoms with Crippen molar-refractivity contribution in [1.29, 1.82) is 0 Å². The maximum absolute atomic E-state index is 11.6. The minimum atomic E-state index is -1.04. The number of nitrogens with one attached hydrogen (secondary N) is 1. The Bertz CT molecular complexity index is 266. The molecule has 0 aromatic rings. The zero-order chi connectivity index (χ0) is 12.9. The number of carboxylic acids is 1. The summed E-state index contributed by atoms with van der Waals surface area (Å²) in [6.07, 6.45) is 1.24. The maximum Gasteiger partial charge on any atom is 0.323 e. The maximum atomic E-state index is 11.6. The summed E-state index contributed by atoms with van der Waals surface area (Å²) in [5.41, 5.74) is -1.04. The van der Waals surface area contributed by atoms with Crippen LogP contribution < -0.4 is 5.32 Å². The third-order valence-corrected chi connectivity index (χ3v) is 2.57. The molecule has 0 bridgehead atoms. The van der Waals surface area contributed by atoms with Gasteiger partial charge in [-0.15, -0.1) is 0 Å². The van der Waals surface area contributed by atoms with E-state index in [0.717, 1.165) is 6.42 Å². The van der Waals surface area contributed by atoms with Gasteiger partial charge in [0.1, 0.15) is 5.54 Å². The van der Waals surface area contributed by atoms with Crippen molar-refractivity contribution < 1.29 is 14.7 Å². The molecule has 0 aromatic heterocycles. The van der Waals surface area contributed by atoms with Crippen molar-refractivity contribution >= 4 is 11.9 Å². The number of carboxylic acid groups (broad SMARTS) is 1. The second kappa shape index (κ2) is 5.84. The van der Waals surface area contributed by atoms with Crippen molar-refractivity contribution in [2.75, 3.05) is 14.1 Å². The Morgan fingerprint density at radius 1 is 1.44 bits per heavy atom. The second-order valence-corrected chi connectivity index (χ2v) is 4.49. The van der Waals surface area contributed by atoms with Gasteiger partial charge in [0, 0.05) is 14.1 Å². The summed E-state index contributed by atoms with van der Waals surface area (Å²) >= 11 is 0. The lowest BCUT2D eigenvalue weighted by Gasteiger charge is -2.30.